The number of carbonyl (C=O) groups excluding carboxylic acids is 2. The van der Waals surface area contributed by atoms with E-state index in [1.165, 1.54) is 35.4 Å². The Morgan fingerprint density at radius 1 is 1.44 bits per heavy atom. The number of furan rings is 1. The Hall–Kier alpha value is -3.47. The third kappa shape index (κ3) is 4.03. The average molecular weight is 390 g/mol. The van der Waals surface area contributed by atoms with E-state index < -0.39 is 16.8 Å². The van der Waals surface area contributed by atoms with Gasteiger partial charge in [-0.05, 0) is 25.1 Å². The quantitative estimate of drug-likeness (QED) is 0.389. The Morgan fingerprint density at radius 2 is 2.22 bits per heavy atom. The van der Waals surface area contributed by atoms with Crippen LogP contribution in [0.2, 0.25) is 0 Å². The van der Waals surface area contributed by atoms with Crippen LogP contribution in [0.1, 0.15) is 31.6 Å². The van der Waals surface area contributed by atoms with Crippen LogP contribution >= 0.6 is 11.3 Å². The lowest BCUT2D eigenvalue weighted by atomic mass is 10.3. The van der Waals surface area contributed by atoms with Crippen LogP contribution in [0.25, 0.3) is 0 Å². The topological polar surface area (TPSA) is 130 Å². The van der Waals surface area contributed by atoms with Crippen LogP contribution in [0.3, 0.4) is 0 Å². The summed E-state index contributed by atoms with van der Waals surface area (Å²) in [5.74, 6) is -0.642. The summed E-state index contributed by atoms with van der Waals surface area (Å²) in [6.07, 6.45) is 2.39. The first-order chi connectivity index (χ1) is 12.9. The Morgan fingerprint density at radius 3 is 2.89 bits per heavy atom. The van der Waals surface area contributed by atoms with E-state index in [0.717, 1.165) is 11.1 Å². The second-order valence-corrected chi connectivity index (χ2v) is 6.72. The Balaban J connectivity index is 1.72. The van der Waals surface area contributed by atoms with Crippen LogP contribution in [0.15, 0.2) is 35.0 Å². The first-order valence-electron chi connectivity index (χ1n) is 7.63. The average Bonchev–Trinajstić information content (AvgIpc) is 3.35. The van der Waals surface area contributed by atoms with E-state index in [2.05, 4.69) is 10.4 Å². The molecule has 0 radical (unpaired) electrons. The SMILES string of the molecule is COC(=O)c1cc(C)sc1NC(=O)c1ccc(Cn2cc([N+](=O)[O-])cn2)o1. The minimum Gasteiger partial charge on any atom is -0.465 e. The lowest BCUT2D eigenvalue weighted by Gasteiger charge is -2.03. The molecule has 3 rings (SSSR count). The highest BCUT2D eigenvalue weighted by Gasteiger charge is 2.20. The molecule has 0 saturated heterocycles. The number of hydrogen-bond acceptors (Lipinski definition) is 8. The van der Waals surface area contributed by atoms with Gasteiger partial charge in [0.1, 0.15) is 23.2 Å². The van der Waals surface area contributed by atoms with Crippen LogP contribution < -0.4 is 5.32 Å². The van der Waals surface area contributed by atoms with E-state index in [4.69, 9.17) is 9.15 Å². The smallest absolute Gasteiger partial charge is 0.340 e. The fraction of sp³-hybridized carbons (Fsp3) is 0.188. The van der Waals surface area contributed by atoms with Gasteiger partial charge in [-0.2, -0.15) is 5.10 Å². The number of hydrogen-bond donors (Lipinski definition) is 1. The van der Waals surface area contributed by atoms with Crippen LogP contribution in [0.5, 0.6) is 0 Å². The van der Waals surface area contributed by atoms with Crippen molar-refractivity contribution < 1.29 is 23.7 Å². The Bertz CT molecular complexity index is 1020. The number of methoxy groups -OCH3 is 1. The largest absolute Gasteiger partial charge is 0.465 e. The summed E-state index contributed by atoms with van der Waals surface area (Å²) in [6, 6.07) is 4.68. The van der Waals surface area contributed by atoms with E-state index in [-0.39, 0.29) is 23.6 Å². The summed E-state index contributed by atoms with van der Waals surface area (Å²) in [5.41, 5.74) is 0.131. The van der Waals surface area contributed by atoms with Gasteiger partial charge in [-0.3, -0.25) is 19.6 Å². The molecular formula is C16H14N4O6S. The maximum Gasteiger partial charge on any atom is 0.340 e. The highest BCUT2D eigenvalue weighted by Crippen LogP contribution is 2.28. The van der Waals surface area contributed by atoms with Crippen LogP contribution in [-0.2, 0) is 11.3 Å². The van der Waals surface area contributed by atoms with Crippen molar-refractivity contribution in [2.45, 2.75) is 13.5 Å². The van der Waals surface area contributed by atoms with Crippen molar-refractivity contribution in [2.24, 2.45) is 0 Å². The number of rotatable bonds is 6. The summed E-state index contributed by atoms with van der Waals surface area (Å²) >= 11 is 1.24. The summed E-state index contributed by atoms with van der Waals surface area (Å²) in [5, 5.41) is 17.5. The number of nitro groups is 1. The van der Waals surface area contributed by atoms with Gasteiger partial charge in [0.15, 0.2) is 5.76 Å². The van der Waals surface area contributed by atoms with Crippen LogP contribution in [-0.4, -0.2) is 33.7 Å². The molecule has 3 aromatic heterocycles. The van der Waals surface area contributed by atoms with E-state index in [0.29, 0.717) is 10.8 Å². The molecule has 3 aromatic rings. The number of amides is 1. The van der Waals surface area contributed by atoms with Gasteiger partial charge in [-0.25, -0.2) is 4.79 Å². The van der Waals surface area contributed by atoms with E-state index >= 15 is 0 Å². The summed E-state index contributed by atoms with van der Waals surface area (Å²) in [7, 11) is 1.26. The zero-order valence-electron chi connectivity index (χ0n) is 14.3. The molecule has 0 aliphatic rings. The fourth-order valence-electron chi connectivity index (χ4n) is 2.31. The molecule has 27 heavy (non-hydrogen) atoms. The molecule has 0 spiro atoms. The molecule has 0 fully saturated rings. The van der Waals surface area contributed by atoms with Crippen molar-refractivity contribution in [1.29, 1.82) is 0 Å². The van der Waals surface area contributed by atoms with Crippen molar-refractivity contribution in [3.8, 4) is 0 Å². The van der Waals surface area contributed by atoms with Gasteiger partial charge in [0.05, 0.1) is 24.1 Å². The van der Waals surface area contributed by atoms with E-state index in [1.807, 2.05) is 0 Å². The molecule has 0 aliphatic carbocycles. The van der Waals surface area contributed by atoms with Gasteiger partial charge in [0, 0.05) is 4.88 Å². The molecular weight excluding hydrogens is 376 g/mol. The number of carbonyl (C=O) groups is 2. The molecule has 0 saturated carbocycles. The lowest BCUT2D eigenvalue weighted by molar-refractivity contribution is -0.385. The molecule has 0 bridgehead atoms. The summed E-state index contributed by atoms with van der Waals surface area (Å²) < 4.78 is 11.5. The van der Waals surface area contributed by atoms with Crippen LogP contribution in [0, 0.1) is 17.0 Å². The van der Waals surface area contributed by atoms with E-state index in [1.54, 1.807) is 19.1 Å². The number of nitrogens with zero attached hydrogens (tertiary/aromatic N) is 3. The molecule has 0 unspecified atom stereocenters. The number of nitrogens with one attached hydrogen (secondary N) is 1. The van der Waals surface area contributed by atoms with Gasteiger partial charge in [-0.1, -0.05) is 0 Å². The normalized spacial score (nSPS) is 10.6. The van der Waals surface area contributed by atoms with Crippen molar-refractivity contribution in [3.05, 3.63) is 62.7 Å². The highest BCUT2D eigenvalue weighted by molar-refractivity contribution is 7.16. The molecule has 3 heterocycles. The van der Waals surface area contributed by atoms with Gasteiger partial charge in [0.2, 0.25) is 0 Å². The monoisotopic (exact) mass is 390 g/mol. The number of aryl methyl sites for hydroxylation is 1. The van der Waals surface area contributed by atoms with Crippen LogP contribution in [0.4, 0.5) is 10.7 Å². The van der Waals surface area contributed by atoms with Gasteiger partial charge in [-0.15, -0.1) is 11.3 Å². The number of anilines is 1. The standard InChI is InChI=1S/C16H14N4O6S/c1-9-5-12(16(22)25-2)15(27-9)18-14(21)13-4-3-11(26-13)8-19-7-10(6-17-19)20(23)24/h3-7H,8H2,1-2H3,(H,18,21). The highest BCUT2D eigenvalue weighted by atomic mass is 32.1. The van der Waals surface area contributed by atoms with E-state index in [9.17, 15) is 19.7 Å². The first kappa shape index (κ1) is 18.3. The zero-order chi connectivity index (χ0) is 19.6. The predicted octanol–water partition coefficient (Wildman–Crippen LogP) is 2.84. The Kier molecular flexibility index (Phi) is 5.03. The third-order valence-electron chi connectivity index (χ3n) is 3.52. The van der Waals surface area contributed by atoms with Crippen molar-refractivity contribution in [2.75, 3.05) is 12.4 Å². The molecule has 140 valence electrons. The third-order valence-corrected chi connectivity index (χ3v) is 4.49. The number of thiophene rings is 1. The second-order valence-electron chi connectivity index (χ2n) is 5.46. The molecule has 1 amide bonds. The molecule has 11 heteroatoms. The molecule has 10 nitrogen and oxygen atoms in total. The van der Waals surface area contributed by atoms with Crippen molar-refractivity contribution in [3.63, 3.8) is 0 Å². The zero-order valence-corrected chi connectivity index (χ0v) is 15.1. The summed E-state index contributed by atoms with van der Waals surface area (Å²) in [6.45, 7) is 1.94. The number of aromatic nitrogens is 2. The fourth-order valence-corrected chi connectivity index (χ4v) is 3.21. The second kappa shape index (κ2) is 7.41. The predicted molar refractivity (Wildman–Crippen MR) is 95.0 cm³/mol. The molecule has 0 aromatic carbocycles. The molecule has 0 atom stereocenters. The van der Waals surface area contributed by atoms with Gasteiger partial charge < -0.3 is 14.5 Å². The summed E-state index contributed by atoms with van der Waals surface area (Å²) in [4.78, 5) is 35.1. The first-order valence-corrected chi connectivity index (χ1v) is 8.44. The minimum absolute atomic E-state index is 0.0357. The van der Waals surface area contributed by atoms with Crippen molar-refractivity contribution in [1.82, 2.24) is 9.78 Å². The minimum atomic E-state index is -0.549. The number of esters is 1. The maximum absolute atomic E-state index is 12.4. The van der Waals surface area contributed by atoms with Gasteiger partial charge in [0.25, 0.3) is 5.91 Å². The van der Waals surface area contributed by atoms with Gasteiger partial charge >= 0.3 is 11.7 Å². The molecule has 0 aliphatic heterocycles. The number of ether oxygens (including phenoxy) is 1. The maximum atomic E-state index is 12.4. The van der Waals surface area contributed by atoms with Crippen molar-refractivity contribution >= 4 is 33.9 Å². The Labute approximate surface area is 156 Å². The molecule has 1 N–H and O–H groups in total. The lowest BCUT2D eigenvalue weighted by Crippen LogP contribution is -2.13.